The van der Waals surface area contributed by atoms with Crippen molar-refractivity contribution in [2.24, 2.45) is 0 Å². The van der Waals surface area contributed by atoms with E-state index >= 15 is 0 Å². The standard InChI is InChI=1S/C19H25N7O/c27-18(25-11-13-26(14-12-25)19-20-9-4-10-21-19)16-7-8-17(24-23-16)22-15-5-2-1-3-6-15/h4,7-10,15H,1-3,5-6,11-14H2,(H,22,24). The van der Waals surface area contributed by atoms with Crippen LogP contribution in [-0.2, 0) is 0 Å². The van der Waals surface area contributed by atoms with Crippen LogP contribution in [-0.4, -0.2) is 63.2 Å². The molecule has 0 unspecified atom stereocenters. The monoisotopic (exact) mass is 367 g/mol. The molecule has 0 atom stereocenters. The summed E-state index contributed by atoms with van der Waals surface area (Å²) in [5.41, 5.74) is 0.397. The number of carbonyl (C=O) groups excluding carboxylic acids is 1. The Labute approximate surface area is 159 Å². The van der Waals surface area contributed by atoms with E-state index in [2.05, 4.69) is 30.4 Å². The Balaban J connectivity index is 1.32. The van der Waals surface area contributed by atoms with Gasteiger partial charge in [-0.1, -0.05) is 19.3 Å². The van der Waals surface area contributed by atoms with Gasteiger partial charge in [-0.15, -0.1) is 10.2 Å². The lowest BCUT2D eigenvalue weighted by molar-refractivity contribution is 0.0739. The van der Waals surface area contributed by atoms with Gasteiger partial charge in [0.25, 0.3) is 5.91 Å². The average molecular weight is 367 g/mol. The van der Waals surface area contributed by atoms with Crippen LogP contribution in [0.25, 0.3) is 0 Å². The van der Waals surface area contributed by atoms with Gasteiger partial charge in [-0.05, 0) is 31.0 Å². The molecule has 2 aromatic heterocycles. The number of hydrogen-bond donors (Lipinski definition) is 1. The molecule has 1 N–H and O–H groups in total. The summed E-state index contributed by atoms with van der Waals surface area (Å²) in [7, 11) is 0. The minimum atomic E-state index is -0.0691. The predicted molar refractivity (Wildman–Crippen MR) is 103 cm³/mol. The number of piperazine rings is 1. The van der Waals surface area contributed by atoms with Crippen molar-refractivity contribution in [3.8, 4) is 0 Å². The molecule has 4 rings (SSSR count). The fourth-order valence-corrected chi connectivity index (χ4v) is 3.71. The molecule has 2 aromatic rings. The Bertz CT molecular complexity index is 738. The molecule has 3 heterocycles. The molecule has 1 aliphatic carbocycles. The largest absolute Gasteiger partial charge is 0.366 e. The molecule has 0 spiro atoms. The molecule has 1 aliphatic heterocycles. The van der Waals surface area contributed by atoms with Crippen molar-refractivity contribution in [1.29, 1.82) is 0 Å². The van der Waals surface area contributed by atoms with Crippen LogP contribution >= 0.6 is 0 Å². The second-order valence-electron chi connectivity index (χ2n) is 7.11. The third-order valence-electron chi connectivity index (χ3n) is 5.24. The molecular formula is C19H25N7O. The minimum absolute atomic E-state index is 0.0691. The van der Waals surface area contributed by atoms with Crippen LogP contribution in [0.15, 0.2) is 30.6 Å². The van der Waals surface area contributed by atoms with Crippen LogP contribution in [0.5, 0.6) is 0 Å². The Morgan fingerprint density at radius 1 is 0.963 bits per heavy atom. The normalized spacial score (nSPS) is 18.4. The second kappa shape index (κ2) is 8.28. The molecule has 142 valence electrons. The fraction of sp³-hybridized carbons (Fsp3) is 0.526. The topological polar surface area (TPSA) is 87.1 Å². The highest BCUT2D eigenvalue weighted by atomic mass is 16.2. The lowest BCUT2D eigenvalue weighted by atomic mass is 9.95. The third kappa shape index (κ3) is 4.32. The lowest BCUT2D eigenvalue weighted by Gasteiger charge is -2.34. The Hall–Kier alpha value is -2.77. The number of nitrogens with zero attached hydrogens (tertiary/aromatic N) is 6. The van der Waals surface area contributed by atoms with Crippen LogP contribution in [0.2, 0.25) is 0 Å². The number of amides is 1. The maximum atomic E-state index is 12.7. The van der Waals surface area contributed by atoms with E-state index in [9.17, 15) is 4.79 Å². The van der Waals surface area contributed by atoms with E-state index in [0.717, 1.165) is 5.82 Å². The summed E-state index contributed by atoms with van der Waals surface area (Å²) in [6.45, 7) is 2.68. The Morgan fingerprint density at radius 3 is 2.37 bits per heavy atom. The minimum Gasteiger partial charge on any atom is -0.366 e. The van der Waals surface area contributed by atoms with Crippen LogP contribution in [0.1, 0.15) is 42.6 Å². The van der Waals surface area contributed by atoms with Crippen molar-refractivity contribution in [2.45, 2.75) is 38.1 Å². The van der Waals surface area contributed by atoms with Crippen molar-refractivity contribution in [1.82, 2.24) is 25.1 Å². The molecule has 0 aromatic carbocycles. The van der Waals surface area contributed by atoms with E-state index in [0.29, 0.717) is 43.9 Å². The van der Waals surface area contributed by atoms with Gasteiger partial charge in [-0.2, -0.15) is 0 Å². The number of rotatable bonds is 4. The van der Waals surface area contributed by atoms with Crippen molar-refractivity contribution in [2.75, 3.05) is 36.4 Å². The van der Waals surface area contributed by atoms with Crippen molar-refractivity contribution >= 4 is 17.7 Å². The van der Waals surface area contributed by atoms with E-state index in [4.69, 9.17) is 0 Å². The summed E-state index contributed by atoms with van der Waals surface area (Å²) < 4.78 is 0. The predicted octanol–water partition coefficient (Wildman–Crippen LogP) is 1.97. The van der Waals surface area contributed by atoms with Gasteiger partial charge < -0.3 is 15.1 Å². The van der Waals surface area contributed by atoms with Crippen LogP contribution in [0.3, 0.4) is 0 Å². The van der Waals surface area contributed by atoms with Gasteiger partial charge in [0, 0.05) is 44.6 Å². The summed E-state index contributed by atoms with van der Waals surface area (Å²) in [4.78, 5) is 25.1. The maximum Gasteiger partial charge on any atom is 0.274 e. The van der Waals surface area contributed by atoms with Gasteiger partial charge in [0.1, 0.15) is 5.82 Å². The zero-order valence-electron chi connectivity index (χ0n) is 15.4. The summed E-state index contributed by atoms with van der Waals surface area (Å²) in [6, 6.07) is 5.91. The van der Waals surface area contributed by atoms with Gasteiger partial charge in [-0.25, -0.2) is 9.97 Å². The highest BCUT2D eigenvalue weighted by Crippen LogP contribution is 2.20. The van der Waals surface area contributed by atoms with E-state index in [1.807, 2.05) is 11.0 Å². The average Bonchev–Trinajstić information content (AvgIpc) is 2.75. The zero-order valence-corrected chi connectivity index (χ0v) is 15.4. The van der Waals surface area contributed by atoms with E-state index in [1.165, 1.54) is 32.1 Å². The maximum absolute atomic E-state index is 12.7. The summed E-state index contributed by atoms with van der Waals surface area (Å²) in [5.74, 6) is 1.40. The first-order chi connectivity index (χ1) is 13.3. The van der Waals surface area contributed by atoms with Crippen LogP contribution in [0.4, 0.5) is 11.8 Å². The smallest absolute Gasteiger partial charge is 0.274 e. The highest BCUT2D eigenvalue weighted by molar-refractivity contribution is 5.92. The first kappa shape index (κ1) is 17.6. The molecule has 8 nitrogen and oxygen atoms in total. The molecule has 2 aliphatic rings. The number of hydrogen-bond acceptors (Lipinski definition) is 7. The van der Waals surface area contributed by atoms with Crippen LogP contribution in [0, 0.1) is 0 Å². The molecule has 1 saturated carbocycles. The Kier molecular flexibility index (Phi) is 5.41. The molecule has 0 bridgehead atoms. The van der Waals surface area contributed by atoms with E-state index in [-0.39, 0.29) is 5.91 Å². The van der Waals surface area contributed by atoms with Gasteiger partial charge >= 0.3 is 0 Å². The van der Waals surface area contributed by atoms with Crippen molar-refractivity contribution in [3.63, 3.8) is 0 Å². The number of carbonyl (C=O) groups is 1. The Morgan fingerprint density at radius 2 is 1.70 bits per heavy atom. The number of nitrogens with one attached hydrogen (secondary N) is 1. The van der Waals surface area contributed by atoms with E-state index in [1.54, 1.807) is 24.5 Å². The zero-order chi connectivity index (χ0) is 18.5. The van der Waals surface area contributed by atoms with Crippen molar-refractivity contribution < 1.29 is 4.79 Å². The molecule has 0 radical (unpaired) electrons. The first-order valence-corrected chi connectivity index (χ1v) is 9.71. The van der Waals surface area contributed by atoms with Gasteiger partial charge in [0.2, 0.25) is 5.95 Å². The summed E-state index contributed by atoms with van der Waals surface area (Å²) in [5, 5.41) is 11.8. The van der Waals surface area contributed by atoms with Gasteiger partial charge in [0.05, 0.1) is 0 Å². The second-order valence-corrected chi connectivity index (χ2v) is 7.11. The molecule has 27 heavy (non-hydrogen) atoms. The quantitative estimate of drug-likeness (QED) is 0.884. The number of aromatic nitrogens is 4. The molecule has 1 saturated heterocycles. The number of anilines is 2. The molecule has 1 amide bonds. The third-order valence-corrected chi connectivity index (χ3v) is 5.24. The van der Waals surface area contributed by atoms with Crippen LogP contribution < -0.4 is 10.2 Å². The first-order valence-electron chi connectivity index (χ1n) is 9.71. The van der Waals surface area contributed by atoms with Crippen molar-refractivity contribution in [3.05, 3.63) is 36.3 Å². The molecule has 2 fully saturated rings. The molecular weight excluding hydrogens is 342 g/mol. The fourth-order valence-electron chi connectivity index (χ4n) is 3.71. The van der Waals surface area contributed by atoms with Gasteiger partial charge in [-0.3, -0.25) is 4.79 Å². The summed E-state index contributed by atoms with van der Waals surface area (Å²) >= 11 is 0. The molecule has 8 heteroatoms. The highest BCUT2D eigenvalue weighted by Gasteiger charge is 2.24. The summed E-state index contributed by atoms with van der Waals surface area (Å²) in [6.07, 6.45) is 9.68. The van der Waals surface area contributed by atoms with E-state index < -0.39 is 0 Å². The SMILES string of the molecule is O=C(c1ccc(NC2CCCCC2)nn1)N1CCN(c2ncccn2)CC1. The van der Waals surface area contributed by atoms with Gasteiger partial charge in [0.15, 0.2) is 5.69 Å². The lowest BCUT2D eigenvalue weighted by Crippen LogP contribution is -2.49.